The number of carbonyl (C=O) groups excluding carboxylic acids is 1. The summed E-state index contributed by atoms with van der Waals surface area (Å²) >= 11 is 0. The van der Waals surface area contributed by atoms with Crippen molar-refractivity contribution in [3.63, 3.8) is 0 Å². The van der Waals surface area contributed by atoms with Gasteiger partial charge in [-0.2, -0.15) is 0 Å². The fourth-order valence-electron chi connectivity index (χ4n) is 1.16. The maximum absolute atomic E-state index is 11.4. The molecule has 0 heterocycles. The molecular formula is C13H18O4. The van der Waals surface area contributed by atoms with Gasteiger partial charge in [0.05, 0.1) is 17.8 Å². The van der Waals surface area contributed by atoms with Gasteiger partial charge in [0.2, 0.25) is 0 Å². The molecule has 0 amide bonds. The molecule has 0 unspecified atom stereocenters. The number of ether oxygens (including phenoxy) is 2. The zero-order valence-corrected chi connectivity index (χ0v) is 10.4. The average molecular weight is 238 g/mol. The summed E-state index contributed by atoms with van der Waals surface area (Å²) in [7, 11) is 0. The molecule has 1 aromatic rings. The number of carbonyl (C=O) groups is 1. The molecule has 0 saturated carbocycles. The number of hydrogen-bond donors (Lipinski definition) is 1. The van der Waals surface area contributed by atoms with Crippen molar-refractivity contribution in [2.24, 2.45) is 0 Å². The normalized spacial score (nSPS) is 11.1. The number of hydrogen-bond acceptors (Lipinski definition) is 4. The first-order valence-electron chi connectivity index (χ1n) is 5.55. The van der Waals surface area contributed by atoms with Gasteiger partial charge in [0.15, 0.2) is 0 Å². The van der Waals surface area contributed by atoms with E-state index in [0.717, 1.165) is 0 Å². The summed E-state index contributed by atoms with van der Waals surface area (Å²) in [6.07, 6.45) is 0. The molecule has 94 valence electrons. The topological polar surface area (TPSA) is 55.8 Å². The molecule has 17 heavy (non-hydrogen) atoms. The summed E-state index contributed by atoms with van der Waals surface area (Å²) in [5, 5.41) is 9.49. The Bertz CT molecular complexity index is 362. The molecule has 1 N–H and O–H groups in total. The van der Waals surface area contributed by atoms with Crippen LogP contribution < -0.4 is 4.74 Å². The van der Waals surface area contributed by atoms with Gasteiger partial charge in [0.25, 0.3) is 0 Å². The van der Waals surface area contributed by atoms with Crippen molar-refractivity contribution < 1.29 is 19.4 Å². The minimum atomic E-state index is -0.875. The fourth-order valence-corrected chi connectivity index (χ4v) is 1.16. The van der Waals surface area contributed by atoms with Crippen molar-refractivity contribution >= 4 is 5.97 Å². The van der Waals surface area contributed by atoms with Crippen molar-refractivity contribution in [3.05, 3.63) is 29.8 Å². The number of aliphatic hydroxyl groups is 1. The van der Waals surface area contributed by atoms with Crippen LogP contribution in [0.1, 0.15) is 31.1 Å². The lowest BCUT2D eigenvalue weighted by Gasteiger charge is -2.17. The first-order valence-corrected chi connectivity index (χ1v) is 5.55. The van der Waals surface area contributed by atoms with Gasteiger partial charge in [-0.05, 0) is 45.0 Å². The molecule has 0 spiro atoms. The Balaban J connectivity index is 2.59. The predicted octanol–water partition coefficient (Wildman–Crippen LogP) is 2.01. The van der Waals surface area contributed by atoms with Gasteiger partial charge < -0.3 is 14.6 Å². The largest absolute Gasteiger partial charge is 0.491 e. The Morgan fingerprint density at radius 3 is 2.35 bits per heavy atom. The lowest BCUT2D eigenvalue weighted by molar-refractivity contribution is 0.0284. The Hall–Kier alpha value is -1.55. The van der Waals surface area contributed by atoms with Crippen molar-refractivity contribution in [2.75, 3.05) is 13.2 Å². The zero-order valence-electron chi connectivity index (χ0n) is 10.4. The third kappa shape index (κ3) is 4.87. The predicted molar refractivity (Wildman–Crippen MR) is 64.2 cm³/mol. The van der Waals surface area contributed by atoms with Crippen LogP contribution in [0.5, 0.6) is 5.75 Å². The van der Waals surface area contributed by atoms with Crippen LogP contribution in [0.25, 0.3) is 0 Å². The van der Waals surface area contributed by atoms with Gasteiger partial charge in [-0.15, -0.1) is 0 Å². The molecule has 0 bridgehead atoms. The molecule has 0 aliphatic heterocycles. The molecule has 0 fully saturated rings. The van der Waals surface area contributed by atoms with Crippen LogP contribution >= 0.6 is 0 Å². The van der Waals surface area contributed by atoms with E-state index in [4.69, 9.17) is 9.47 Å². The molecule has 4 heteroatoms. The number of esters is 1. The molecule has 0 aliphatic carbocycles. The van der Waals surface area contributed by atoms with Crippen LogP contribution in [0.15, 0.2) is 24.3 Å². The third-order valence-corrected chi connectivity index (χ3v) is 1.96. The lowest BCUT2D eigenvalue weighted by Crippen LogP contribution is -2.27. The first kappa shape index (κ1) is 13.5. The van der Waals surface area contributed by atoms with E-state index in [1.165, 1.54) is 0 Å². The first-order chi connectivity index (χ1) is 7.92. The molecule has 0 aliphatic rings. The summed E-state index contributed by atoms with van der Waals surface area (Å²) in [5.74, 6) is 0.265. The van der Waals surface area contributed by atoms with Crippen LogP contribution in [0.4, 0.5) is 0 Å². The van der Waals surface area contributed by atoms with Crippen LogP contribution in [0.3, 0.4) is 0 Å². The summed E-state index contributed by atoms with van der Waals surface area (Å²) in [6, 6.07) is 6.63. The molecule has 1 aromatic carbocycles. The molecule has 0 radical (unpaired) electrons. The van der Waals surface area contributed by atoms with E-state index in [2.05, 4.69) is 0 Å². The van der Waals surface area contributed by atoms with E-state index in [-0.39, 0.29) is 12.6 Å². The second-order valence-corrected chi connectivity index (χ2v) is 4.35. The second-order valence-electron chi connectivity index (χ2n) is 4.35. The van der Waals surface area contributed by atoms with Crippen LogP contribution in [0.2, 0.25) is 0 Å². The maximum atomic E-state index is 11.4. The Labute approximate surface area is 101 Å². The summed E-state index contributed by atoms with van der Waals surface area (Å²) < 4.78 is 10.2. The standard InChI is InChI=1S/C13H18O4/c1-4-16-12(14)10-5-7-11(8-6-10)17-9-13(2,3)15/h5-8,15H,4,9H2,1-3H3. The highest BCUT2D eigenvalue weighted by Gasteiger charge is 2.13. The average Bonchev–Trinajstić information content (AvgIpc) is 2.26. The van der Waals surface area contributed by atoms with E-state index in [1.807, 2.05) is 0 Å². The van der Waals surface area contributed by atoms with Gasteiger partial charge in [0, 0.05) is 0 Å². The Morgan fingerprint density at radius 2 is 1.88 bits per heavy atom. The van der Waals surface area contributed by atoms with Crippen molar-refractivity contribution in [1.29, 1.82) is 0 Å². The number of benzene rings is 1. The maximum Gasteiger partial charge on any atom is 0.338 e. The monoisotopic (exact) mass is 238 g/mol. The Morgan fingerprint density at radius 1 is 1.29 bits per heavy atom. The highest BCUT2D eigenvalue weighted by molar-refractivity contribution is 5.89. The van der Waals surface area contributed by atoms with Crippen LogP contribution in [0, 0.1) is 0 Å². The Kier molecular flexibility index (Phi) is 4.52. The van der Waals surface area contributed by atoms with Gasteiger partial charge in [0.1, 0.15) is 12.4 Å². The van der Waals surface area contributed by atoms with E-state index in [9.17, 15) is 9.90 Å². The number of rotatable bonds is 5. The third-order valence-electron chi connectivity index (χ3n) is 1.96. The molecule has 4 nitrogen and oxygen atoms in total. The van der Waals surface area contributed by atoms with Crippen molar-refractivity contribution in [1.82, 2.24) is 0 Å². The fraction of sp³-hybridized carbons (Fsp3) is 0.462. The van der Waals surface area contributed by atoms with E-state index >= 15 is 0 Å². The minimum absolute atomic E-state index is 0.200. The molecule has 0 atom stereocenters. The van der Waals surface area contributed by atoms with Gasteiger partial charge in [-0.3, -0.25) is 0 Å². The van der Waals surface area contributed by atoms with Crippen molar-refractivity contribution in [3.8, 4) is 5.75 Å². The molecule has 0 aromatic heterocycles. The SMILES string of the molecule is CCOC(=O)c1ccc(OCC(C)(C)O)cc1. The lowest BCUT2D eigenvalue weighted by atomic mass is 10.1. The highest BCUT2D eigenvalue weighted by atomic mass is 16.5. The quantitative estimate of drug-likeness (QED) is 0.797. The van der Waals surface area contributed by atoms with E-state index in [1.54, 1.807) is 45.0 Å². The molecule has 1 rings (SSSR count). The summed E-state index contributed by atoms with van der Waals surface area (Å²) in [4.78, 5) is 11.4. The highest BCUT2D eigenvalue weighted by Crippen LogP contribution is 2.14. The summed E-state index contributed by atoms with van der Waals surface area (Å²) in [6.45, 7) is 5.65. The van der Waals surface area contributed by atoms with Gasteiger partial charge in [-0.25, -0.2) is 4.79 Å². The van der Waals surface area contributed by atoms with E-state index in [0.29, 0.717) is 17.9 Å². The second kappa shape index (κ2) is 5.68. The van der Waals surface area contributed by atoms with Crippen molar-refractivity contribution in [2.45, 2.75) is 26.4 Å². The molecular weight excluding hydrogens is 220 g/mol. The van der Waals surface area contributed by atoms with Gasteiger partial charge >= 0.3 is 5.97 Å². The van der Waals surface area contributed by atoms with E-state index < -0.39 is 5.60 Å². The van der Waals surface area contributed by atoms with Crippen LogP contribution in [-0.2, 0) is 4.74 Å². The van der Waals surface area contributed by atoms with Crippen LogP contribution in [-0.4, -0.2) is 29.9 Å². The summed E-state index contributed by atoms with van der Waals surface area (Å²) in [5.41, 5.74) is -0.387. The smallest absolute Gasteiger partial charge is 0.338 e. The zero-order chi connectivity index (χ0) is 12.9. The van der Waals surface area contributed by atoms with Gasteiger partial charge in [-0.1, -0.05) is 0 Å². The minimum Gasteiger partial charge on any atom is -0.491 e. The molecule has 0 saturated heterocycles.